The van der Waals surface area contributed by atoms with E-state index in [1.54, 1.807) is 0 Å². The van der Waals surface area contributed by atoms with Gasteiger partial charge >= 0.3 is 0 Å². The average Bonchev–Trinajstić information content (AvgIpc) is 2.59. The lowest BCUT2D eigenvalue weighted by molar-refractivity contribution is 0.521. The van der Waals surface area contributed by atoms with Crippen LogP contribution in [-0.4, -0.2) is 10.7 Å². The van der Waals surface area contributed by atoms with E-state index >= 15 is 0 Å². The molecular formula is C22H34N2O. The van der Waals surface area contributed by atoms with Crippen LogP contribution in [0.15, 0.2) is 45.8 Å². The van der Waals surface area contributed by atoms with E-state index in [0.717, 1.165) is 35.4 Å². The van der Waals surface area contributed by atoms with Crippen LogP contribution in [0.5, 0.6) is 0 Å². The third kappa shape index (κ3) is 7.25. The first-order valence-corrected chi connectivity index (χ1v) is 9.60. The lowest BCUT2D eigenvalue weighted by atomic mass is 9.89. The Balaban J connectivity index is 3.16. The third-order valence-electron chi connectivity index (χ3n) is 4.25. The first-order chi connectivity index (χ1) is 12.0. The molecule has 3 heteroatoms. The number of H-pyrrole nitrogens is 1. The van der Waals surface area contributed by atoms with E-state index in [9.17, 15) is 4.79 Å². The molecule has 3 nitrogen and oxygen atoms in total. The number of allylic oxidation sites excluding steroid dienone is 3. The summed E-state index contributed by atoms with van der Waals surface area (Å²) in [5.41, 5.74) is 3.64. The van der Waals surface area contributed by atoms with Crippen molar-refractivity contribution in [2.75, 3.05) is 0 Å². The van der Waals surface area contributed by atoms with Crippen LogP contribution in [0.1, 0.15) is 90.3 Å². The first kappa shape index (κ1) is 21.1. The molecule has 0 radical (unpaired) electrons. The van der Waals surface area contributed by atoms with E-state index in [2.05, 4.69) is 23.8 Å². The van der Waals surface area contributed by atoms with E-state index in [1.165, 1.54) is 25.7 Å². The zero-order valence-corrected chi connectivity index (χ0v) is 16.6. The van der Waals surface area contributed by atoms with E-state index in [-0.39, 0.29) is 5.56 Å². The van der Waals surface area contributed by atoms with Crippen molar-refractivity contribution >= 4 is 5.71 Å². The number of hydrogen-bond donors (Lipinski definition) is 1. The maximum atomic E-state index is 12.7. The highest BCUT2D eigenvalue weighted by atomic mass is 16.1. The highest BCUT2D eigenvalue weighted by molar-refractivity contribution is 6.07. The van der Waals surface area contributed by atoms with Gasteiger partial charge < -0.3 is 4.98 Å². The molecule has 1 rings (SSSR count). The largest absolute Gasteiger partial charge is 0.320 e. The molecule has 25 heavy (non-hydrogen) atoms. The Morgan fingerprint density at radius 3 is 2.28 bits per heavy atom. The third-order valence-corrected chi connectivity index (χ3v) is 4.25. The Bertz CT molecular complexity index is 653. The molecule has 0 spiro atoms. The fraction of sp³-hybridized carbons (Fsp3) is 0.545. The molecule has 1 aromatic rings. The van der Waals surface area contributed by atoms with Crippen molar-refractivity contribution in [3.8, 4) is 0 Å². The highest BCUT2D eigenvalue weighted by Crippen LogP contribution is 2.25. The number of unbranched alkanes of at least 4 members (excludes halogenated alkanes) is 2. The van der Waals surface area contributed by atoms with Gasteiger partial charge in [-0.3, -0.25) is 9.79 Å². The minimum absolute atomic E-state index is 0.0316. The van der Waals surface area contributed by atoms with E-state index in [1.807, 2.05) is 51.3 Å². The average molecular weight is 343 g/mol. The Morgan fingerprint density at radius 1 is 1.16 bits per heavy atom. The van der Waals surface area contributed by atoms with Crippen molar-refractivity contribution < 1.29 is 0 Å². The second-order valence-electron chi connectivity index (χ2n) is 6.86. The normalized spacial score (nSPS) is 12.2. The van der Waals surface area contributed by atoms with Gasteiger partial charge in [0, 0.05) is 11.8 Å². The van der Waals surface area contributed by atoms with E-state index < -0.39 is 0 Å². The van der Waals surface area contributed by atoms with Crippen LogP contribution in [0, 0.1) is 0 Å². The second-order valence-corrected chi connectivity index (χ2v) is 6.86. The number of nitrogens with one attached hydrogen (secondary N) is 1. The minimum Gasteiger partial charge on any atom is -0.320 e. The van der Waals surface area contributed by atoms with Gasteiger partial charge in [-0.15, -0.1) is 0 Å². The van der Waals surface area contributed by atoms with E-state index in [4.69, 9.17) is 0 Å². The summed E-state index contributed by atoms with van der Waals surface area (Å²) in [6.45, 7) is 10.4. The molecule has 0 saturated carbocycles. The molecule has 0 fully saturated rings. The van der Waals surface area contributed by atoms with Gasteiger partial charge in [-0.25, -0.2) is 0 Å². The van der Waals surface area contributed by atoms with Crippen LogP contribution in [0.4, 0.5) is 0 Å². The summed E-state index contributed by atoms with van der Waals surface area (Å²) in [5, 5.41) is 0. The number of aliphatic imine (C=N–C) groups is 1. The first-order valence-electron chi connectivity index (χ1n) is 9.60. The maximum absolute atomic E-state index is 12.7. The summed E-state index contributed by atoms with van der Waals surface area (Å²) in [6, 6.07) is 4.00. The number of hydrogen-bond acceptors (Lipinski definition) is 2. The van der Waals surface area contributed by atoms with E-state index in [0.29, 0.717) is 5.92 Å². The van der Waals surface area contributed by atoms with Crippen molar-refractivity contribution in [3.63, 3.8) is 0 Å². The Morgan fingerprint density at radius 2 is 1.80 bits per heavy atom. The van der Waals surface area contributed by atoms with Crippen molar-refractivity contribution in [2.45, 2.75) is 79.1 Å². The molecule has 0 aliphatic rings. The Labute approximate surface area is 153 Å². The molecule has 0 amide bonds. The van der Waals surface area contributed by atoms with Crippen LogP contribution >= 0.6 is 0 Å². The number of aromatic nitrogens is 1. The van der Waals surface area contributed by atoms with Crippen LogP contribution < -0.4 is 5.56 Å². The molecule has 1 aromatic heterocycles. The smallest absolute Gasteiger partial charge is 0.251 e. The molecule has 0 saturated heterocycles. The zero-order valence-electron chi connectivity index (χ0n) is 16.6. The van der Waals surface area contributed by atoms with Crippen molar-refractivity contribution in [3.05, 3.63) is 57.7 Å². The van der Waals surface area contributed by atoms with Gasteiger partial charge in [0.25, 0.3) is 5.56 Å². The summed E-state index contributed by atoms with van der Waals surface area (Å²) in [6.07, 6.45) is 12.5. The van der Waals surface area contributed by atoms with Gasteiger partial charge in [-0.1, -0.05) is 57.2 Å². The fourth-order valence-electron chi connectivity index (χ4n) is 2.87. The number of pyridine rings is 1. The van der Waals surface area contributed by atoms with Gasteiger partial charge in [-0.05, 0) is 51.7 Å². The van der Waals surface area contributed by atoms with Crippen LogP contribution in [0.25, 0.3) is 0 Å². The molecule has 0 atom stereocenters. The zero-order chi connectivity index (χ0) is 18.7. The summed E-state index contributed by atoms with van der Waals surface area (Å²) in [4.78, 5) is 20.3. The lowest BCUT2D eigenvalue weighted by Crippen LogP contribution is -2.19. The van der Waals surface area contributed by atoms with Crippen molar-refractivity contribution in [2.24, 2.45) is 4.99 Å². The standard InChI is InChI=1S/C22H34N2O/c1-6-9-12-18(13-10-7-2)19-14-15-21(24-22(19)25)20(11-8-3)23-16-17(4)5/h8,11,14-16,18H,6-7,9-10,12-13H2,1-5H3,(H,24,25)/b11-8-,23-20?. The Hall–Kier alpha value is -1.90. The lowest BCUT2D eigenvalue weighted by Gasteiger charge is -2.16. The van der Waals surface area contributed by atoms with Gasteiger partial charge in [0.2, 0.25) is 0 Å². The SMILES string of the molecule is C/C=C\C(=NC=C(C)C)c1ccc(C(CCCC)CCCC)c(=O)[nH]1. The molecule has 0 bridgehead atoms. The predicted molar refractivity (Wildman–Crippen MR) is 110 cm³/mol. The highest BCUT2D eigenvalue weighted by Gasteiger charge is 2.15. The Kier molecular flexibility index (Phi) is 9.83. The van der Waals surface area contributed by atoms with Crippen LogP contribution in [0.3, 0.4) is 0 Å². The quantitative estimate of drug-likeness (QED) is 0.511. The molecule has 0 unspecified atom stereocenters. The van der Waals surface area contributed by atoms with Crippen LogP contribution in [0.2, 0.25) is 0 Å². The molecule has 0 aliphatic heterocycles. The molecule has 0 aliphatic carbocycles. The van der Waals surface area contributed by atoms with Gasteiger partial charge in [0.15, 0.2) is 0 Å². The monoisotopic (exact) mass is 342 g/mol. The van der Waals surface area contributed by atoms with Crippen molar-refractivity contribution in [1.82, 2.24) is 4.98 Å². The summed E-state index contributed by atoms with van der Waals surface area (Å²) in [7, 11) is 0. The molecule has 138 valence electrons. The van der Waals surface area contributed by atoms with Crippen LogP contribution in [-0.2, 0) is 0 Å². The van der Waals surface area contributed by atoms with Gasteiger partial charge in [0.1, 0.15) is 0 Å². The topological polar surface area (TPSA) is 45.2 Å². The molecule has 1 heterocycles. The number of nitrogens with zero attached hydrogens (tertiary/aromatic N) is 1. The fourth-order valence-corrected chi connectivity index (χ4v) is 2.87. The molecule has 0 aromatic carbocycles. The number of aromatic amines is 1. The van der Waals surface area contributed by atoms with Gasteiger partial charge in [-0.2, -0.15) is 0 Å². The molecular weight excluding hydrogens is 308 g/mol. The number of rotatable bonds is 10. The van der Waals surface area contributed by atoms with Gasteiger partial charge in [0.05, 0.1) is 11.4 Å². The molecule has 1 N–H and O–H groups in total. The summed E-state index contributed by atoms with van der Waals surface area (Å²) >= 11 is 0. The summed E-state index contributed by atoms with van der Waals surface area (Å²) < 4.78 is 0. The maximum Gasteiger partial charge on any atom is 0.251 e. The second kappa shape index (κ2) is 11.6. The minimum atomic E-state index is 0.0316. The summed E-state index contributed by atoms with van der Waals surface area (Å²) in [5.74, 6) is 0.359. The predicted octanol–water partition coefficient (Wildman–Crippen LogP) is 6.13. The van der Waals surface area contributed by atoms with Crippen molar-refractivity contribution in [1.29, 1.82) is 0 Å².